The molecule has 0 unspecified atom stereocenters. The Hall–Kier alpha value is -4.27. The van der Waals surface area contributed by atoms with E-state index in [0.29, 0.717) is 23.9 Å². The second-order valence-electron chi connectivity index (χ2n) is 17.1. The average molecular weight is 818 g/mol. The Morgan fingerprint density at radius 2 is 1.78 bits per heavy atom. The summed E-state index contributed by atoms with van der Waals surface area (Å²) in [4.78, 5) is 38.4. The van der Waals surface area contributed by atoms with E-state index in [1.807, 2.05) is 49.6 Å². The third-order valence-electron chi connectivity index (χ3n) is 13.2. The van der Waals surface area contributed by atoms with Crippen molar-refractivity contribution in [3.05, 3.63) is 90.3 Å². The molecule has 2 amide bonds. The van der Waals surface area contributed by atoms with Crippen LogP contribution in [0.4, 0.5) is 14.9 Å². The van der Waals surface area contributed by atoms with Crippen LogP contribution >= 0.6 is 0 Å². The third-order valence-corrected chi connectivity index (χ3v) is 15.3. The molecular weight excluding hydrogens is 758 g/mol. The van der Waals surface area contributed by atoms with Crippen molar-refractivity contribution in [1.82, 2.24) is 29.6 Å². The maximum absolute atomic E-state index is 15.2. The molecule has 2 aromatic carbocycles. The summed E-state index contributed by atoms with van der Waals surface area (Å²) >= 11 is 0. The van der Waals surface area contributed by atoms with Gasteiger partial charge in [-0.3, -0.25) is 4.79 Å². The van der Waals surface area contributed by atoms with Crippen LogP contribution in [0.5, 0.6) is 0 Å². The van der Waals surface area contributed by atoms with Gasteiger partial charge in [-0.2, -0.15) is 0 Å². The van der Waals surface area contributed by atoms with Gasteiger partial charge in [-0.1, -0.05) is 31.6 Å². The molecular formula is C44H60FN7O5S. The number of hydrogen-bond donors (Lipinski definition) is 1. The summed E-state index contributed by atoms with van der Waals surface area (Å²) < 4.78 is 49.2. The van der Waals surface area contributed by atoms with Crippen molar-refractivity contribution in [2.45, 2.75) is 73.6 Å². The number of alkyl carbamates (subject to hydrolysis) is 1. The normalized spacial score (nSPS) is 22.2. The molecule has 4 aliphatic rings. The summed E-state index contributed by atoms with van der Waals surface area (Å²) in [6.45, 7) is 8.53. The number of aryl methyl sites for hydroxylation is 1. The first-order valence-electron chi connectivity index (χ1n) is 20.9. The summed E-state index contributed by atoms with van der Waals surface area (Å²) in [5, 5.41) is 2.59. The lowest BCUT2D eigenvalue weighted by atomic mass is 9.58. The van der Waals surface area contributed by atoms with Crippen molar-refractivity contribution in [2.75, 3.05) is 78.5 Å². The highest BCUT2D eigenvalue weighted by atomic mass is 32.2. The highest BCUT2D eigenvalue weighted by Gasteiger charge is 2.52. The number of nitrogens with one attached hydrogen (secondary N) is 1. The van der Waals surface area contributed by atoms with Crippen LogP contribution in [0, 0.1) is 23.6 Å². The van der Waals surface area contributed by atoms with Crippen LogP contribution in [0.3, 0.4) is 0 Å². The van der Waals surface area contributed by atoms with Gasteiger partial charge in [0.25, 0.3) is 0 Å². The predicted octanol–water partition coefficient (Wildman–Crippen LogP) is 5.00. The minimum absolute atomic E-state index is 0.0857. The molecule has 0 radical (unpaired) electrons. The molecule has 7 rings (SSSR count). The van der Waals surface area contributed by atoms with Gasteiger partial charge in [-0.15, -0.1) is 0 Å². The number of benzene rings is 2. The van der Waals surface area contributed by atoms with Crippen LogP contribution in [0.15, 0.2) is 78.0 Å². The van der Waals surface area contributed by atoms with E-state index in [4.69, 9.17) is 4.74 Å². The van der Waals surface area contributed by atoms with Gasteiger partial charge in [0, 0.05) is 93.8 Å². The van der Waals surface area contributed by atoms with Crippen LogP contribution < -0.4 is 10.2 Å². The molecule has 4 heterocycles. The Morgan fingerprint density at radius 3 is 2.45 bits per heavy atom. The molecule has 3 aromatic rings. The lowest BCUT2D eigenvalue weighted by molar-refractivity contribution is -0.129. The number of nitrogens with zero attached hydrogens (tertiary/aromatic N) is 6. The predicted molar refractivity (Wildman–Crippen MR) is 223 cm³/mol. The summed E-state index contributed by atoms with van der Waals surface area (Å²) in [5.74, 6) is 1.45. The van der Waals surface area contributed by atoms with Crippen LogP contribution in [-0.4, -0.2) is 130 Å². The molecule has 1 saturated carbocycles. The summed E-state index contributed by atoms with van der Waals surface area (Å²) in [6, 6.07) is 14.3. The Kier molecular flexibility index (Phi) is 12.9. The average Bonchev–Trinajstić information content (AvgIpc) is 3.84. The van der Waals surface area contributed by atoms with E-state index in [1.54, 1.807) is 29.2 Å². The van der Waals surface area contributed by atoms with Crippen molar-refractivity contribution in [2.24, 2.45) is 17.8 Å². The Balaban J connectivity index is 0.980. The van der Waals surface area contributed by atoms with Crippen molar-refractivity contribution in [3.63, 3.8) is 0 Å². The molecule has 4 fully saturated rings. The maximum atomic E-state index is 15.2. The number of likely N-dealkylation sites (N-methyl/N-ethyl adjacent to an activating group) is 1. The third kappa shape index (κ3) is 8.84. The van der Waals surface area contributed by atoms with E-state index < -0.39 is 26.6 Å². The number of ether oxygens (including phenoxy) is 1. The fraction of sp³-hybridized carbons (Fsp3) is 0.568. The number of anilines is 1. The van der Waals surface area contributed by atoms with Crippen LogP contribution in [0.2, 0.25) is 0 Å². The van der Waals surface area contributed by atoms with E-state index in [9.17, 15) is 18.0 Å². The Labute approximate surface area is 343 Å². The van der Waals surface area contributed by atoms with Gasteiger partial charge in [-0.25, -0.2) is 22.6 Å². The second kappa shape index (κ2) is 17.9. The Morgan fingerprint density at radius 1 is 1.03 bits per heavy atom. The van der Waals surface area contributed by atoms with Gasteiger partial charge < -0.3 is 34.2 Å². The van der Waals surface area contributed by atoms with Crippen molar-refractivity contribution >= 4 is 27.5 Å². The van der Waals surface area contributed by atoms with E-state index in [-0.39, 0.29) is 42.7 Å². The van der Waals surface area contributed by atoms with Crippen LogP contribution in [0.1, 0.15) is 50.4 Å². The van der Waals surface area contributed by atoms with Gasteiger partial charge in [0.2, 0.25) is 5.91 Å². The molecule has 1 N–H and O–H groups in total. The smallest absolute Gasteiger partial charge is 0.407 e. The maximum Gasteiger partial charge on any atom is 0.407 e. The number of amides is 2. The monoisotopic (exact) mass is 817 g/mol. The first-order valence-corrected chi connectivity index (χ1v) is 22.5. The first kappa shape index (κ1) is 41.9. The number of methoxy groups -OCH3 is 1. The fourth-order valence-corrected chi connectivity index (χ4v) is 11.8. The first-order chi connectivity index (χ1) is 27.9. The topological polar surface area (TPSA) is 120 Å². The second-order valence-corrected chi connectivity index (χ2v) is 19.3. The largest absolute Gasteiger partial charge is 0.453 e. The molecule has 3 atom stereocenters. The number of rotatable bonds is 15. The standard InChI is InChI=1S/C44H60FN7O5S/c1-5-41-46-20-24-50(41)31-44(34-9-6-10-35(45)25-34,39-11-7-12-40(39)47-43(54)57-4)33-18-22-49(23-19-33)26-32-27-51(28-32)36-14-16-37(17-15-36)58(55,56)38-29-52(30-38)42(53)13-8-21-48(2)3/h6,8-10,13-17,20,24-25,32-33,38-40H,5,7,11-12,18-19,21-23,26-31H2,1-4H3,(H,47,54)/b13-8+/t39-,40-,44-/m0/s1. The number of imidazole rings is 1. The summed E-state index contributed by atoms with van der Waals surface area (Å²) in [5.41, 5.74) is 1.57. The van der Waals surface area contributed by atoms with Gasteiger partial charge in [0.15, 0.2) is 9.84 Å². The van der Waals surface area contributed by atoms with E-state index >= 15 is 4.39 Å². The minimum atomic E-state index is -3.53. The van der Waals surface area contributed by atoms with Crippen LogP contribution in [0.25, 0.3) is 0 Å². The molecule has 12 nitrogen and oxygen atoms in total. The van der Waals surface area contributed by atoms with Gasteiger partial charge in [-0.05, 0) is 107 Å². The molecule has 3 saturated heterocycles. The van der Waals surface area contributed by atoms with Crippen molar-refractivity contribution < 1.29 is 27.1 Å². The number of halogens is 1. The minimum Gasteiger partial charge on any atom is -0.453 e. The molecule has 0 spiro atoms. The van der Waals surface area contributed by atoms with Crippen molar-refractivity contribution in [3.8, 4) is 0 Å². The zero-order chi connectivity index (χ0) is 41.0. The molecule has 314 valence electrons. The molecule has 0 bridgehead atoms. The molecule has 14 heteroatoms. The molecule has 1 aliphatic carbocycles. The number of carbonyl (C=O) groups excluding carboxylic acids is 2. The molecule has 1 aromatic heterocycles. The number of aromatic nitrogens is 2. The van der Waals surface area contributed by atoms with Gasteiger partial charge >= 0.3 is 6.09 Å². The van der Waals surface area contributed by atoms with E-state index in [1.165, 1.54) is 19.3 Å². The zero-order valence-corrected chi connectivity index (χ0v) is 35.2. The highest BCUT2D eigenvalue weighted by molar-refractivity contribution is 7.92. The van der Waals surface area contributed by atoms with Gasteiger partial charge in [0.05, 0.1) is 12.0 Å². The zero-order valence-electron chi connectivity index (χ0n) is 34.4. The molecule has 58 heavy (non-hydrogen) atoms. The SMILES string of the molecule is CCc1nccn1C[C@@](c1cccc(F)c1)(C1CCN(CC2CN(c3ccc(S(=O)(=O)C4CN(C(=O)/C=C/CN(C)C)C4)cc3)C2)CC1)[C@H]1CCC[C@@H]1NC(=O)OC. The number of likely N-dealkylation sites (tertiary alicyclic amines) is 2. The fourth-order valence-electron chi connectivity index (χ4n) is 10.1. The van der Waals surface area contributed by atoms with Crippen LogP contribution in [-0.2, 0) is 37.7 Å². The summed E-state index contributed by atoms with van der Waals surface area (Å²) in [7, 11) is 1.72. The number of sulfone groups is 1. The van der Waals surface area contributed by atoms with Crippen molar-refractivity contribution in [1.29, 1.82) is 0 Å². The number of hydrogen-bond acceptors (Lipinski definition) is 9. The quantitative estimate of drug-likeness (QED) is 0.212. The lowest BCUT2D eigenvalue weighted by Gasteiger charge is -2.51. The molecule has 3 aliphatic heterocycles. The number of piperidine rings is 1. The van der Waals surface area contributed by atoms with Gasteiger partial charge in [0.1, 0.15) is 16.9 Å². The lowest BCUT2D eigenvalue weighted by Crippen LogP contribution is -2.56. The highest BCUT2D eigenvalue weighted by Crippen LogP contribution is 2.52. The van der Waals surface area contributed by atoms with E-state index in [2.05, 4.69) is 37.7 Å². The number of carbonyl (C=O) groups is 2. The van der Waals surface area contributed by atoms with E-state index in [0.717, 1.165) is 88.3 Å². The summed E-state index contributed by atoms with van der Waals surface area (Å²) in [6.07, 6.45) is 12.3. The Bertz CT molecular complexity index is 2020.